The molecule has 0 fully saturated rings. The quantitative estimate of drug-likeness (QED) is 0.406. The summed E-state index contributed by atoms with van der Waals surface area (Å²) in [6.07, 6.45) is -0.255. The van der Waals surface area contributed by atoms with Crippen molar-refractivity contribution in [2.24, 2.45) is 0 Å². The van der Waals surface area contributed by atoms with Crippen LogP contribution in [0.2, 0.25) is 0 Å². The van der Waals surface area contributed by atoms with Crippen LogP contribution in [0, 0.1) is 27.2 Å². The van der Waals surface area contributed by atoms with Crippen LogP contribution in [0.3, 0.4) is 0 Å². The third kappa shape index (κ3) is 5.58. The van der Waals surface area contributed by atoms with E-state index >= 15 is 0 Å². The normalized spacial score (nSPS) is 11.4. The summed E-state index contributed by atoms with van der Waals surface area (Å²) in [5.74, 6) is -1.26. The van der Waals surface area contributed by atoms with Gasteiger partial charge in [-0.05, 0) is 25.5 Å². The number of hydrogen-bond acceptors (Lipinski definition) is 7. The Bertz CT molecular complexity index is 959. The van der Waals surface area contributed by atoms with Crippen LogP contribution in [0.1, 0.15) is 40.9 Å². The Morgan fingerprint density at radius 2 is 1.83 bits per heavy atom. The predicted octanol–water partition coefficient (Wildman–Crippen LogP) is 3.24. The van der Waals surface area contributed by atoms with E-state index in [1.54, 1.807) is 13.8 Å². The van der Waals surface area contributed by atoms with Crippen LogP contribution in [-0.2, 0) is 9.53 Å². The van der Waals surface area contributed by atoms with Gasteiger partial charge in [0.05, 0.1) is 28.9 Å². The molecule has 10 nitrogen and oxygen atoms in total. The lowest BCUT2D eigenvalue weighted by Crippen LogP contribution is -2.30. The molecule has 29 heavy (non-hydrogen) atoms. The number of esters is 1. The molecule has 2 aromatic carbocycles. The van der Waals surface area contributed by atoms with Crippen molar-refractivity contribution in [3.8, 4) is 0 Å². The monoisotopic (exact) mass is 401 g/mol. The van der Waals surface area contributed by atoms with E-state index in [2.05, 4.69) is 5.32 Å². The number of non-ortho nitro benzene ring substituents is 1. The molecular weight excluding hydrogens is 382 g/mol. The molecule has 152 valence electrons. The van der Waals surface area contributed by atoms with Crippen LogP contribution in [0.15, 0.2) is 42.5 Å². The zero-order valence-electron chi connectivity index (χ0n) is 15.8. The molecule has 2 rings (SSSR count). The van der Waals surface area contributed by atoms with Gasteiger partial charge in [-0.2, -0.15) is 0 Å². The van der Waals surface area contributed by atoms with Gasteiger partial charge in [0.15, 0.2) is 0 Å². The number of nitrogens with zero attached hydrogens (tertiary/aromatic N) is 2. The first-order valence-corrected chi connectivity index (χ1v) is 8.68. The van der Waals surface area contributed by atoms with Crippen LogP contribution in [0.5, 0.6) is 0 Å². The highest BCUT2D eigenvalue weighted by molar-refractivity contribution is 5.95. The SMILES string of the molecule is CCOC(=O)C[C@@H](NC(=O)c1ccc(C)c([N+](=O)[O-])c1)c1cccc([N+](=O)[O-])c1. The number of carbonyl (C=O) groups excluding carboxylic acids is 2. The minimum Gasteiger partial charge on any atom is -0.466 e. The zero-order chi connectivity index (χ0) is 21.6. The number of nitrogens with one attached hydrogen (secondary N) is 1. The van der Waals surface area contributed by atoms with Crippen molar-refractivity contribution in [3.05, 3.63) is 79.4 Å². The third-order valence-electron chi connectivity index (χ3n) is 4.13. The van der Waals surface area contributed by atoms with Gasteiger partial charge >= 0.3 is 5.97 Å². The average Bonchev–Trinajstić information content (AvgIpc) is 2.67. The summed E-state index contributed by atoms with van der Waals surface area (Å²) in [4.78, 5) is 45.6. The molecule has 1 N–H and O–H groups in total. The third-order valence-corrected chi connectivity index (χ3v) is 4.13. The van der Waals surface area contributed by atoms with Gasteiger partial charge in [-0.25, -0.2) is 0 Å². The van der Waals surface area contributed by atoms with Crippen molar-refractivity contribution in [3.63, 3.8) is 0 Å². The number of nitro groups is 2. The summed E-state index contributed by atoms with van der Waals surface area (Å²) in [5, 5.41) is 24.8. The molecule has 0 saturated heterocycles. The highest BCUT2D eigenvalue weighted by Crippen LogP contribution is 2.24. The molecule has 0 bridgehead atoms. The largest absolute Gasteiger partial charge is 0.466 e. The molecule has 0 spiro atoms. The van der Waals surface area contributed by atoms with E-state index < -0.39 is 27.8 Å². The molecular formula is C19H19N3O7. The van der Waals surface area contributed by atoms with Gasteiger partial charge in [-0.1, -0.05) is 18.2 Å². The second-order valence-corrected chi connectivity index (χ2v) is 6.15. The maximum atomic E-state index is 12.7. The topological polar surface area (TPSA) is 142 Å². The molecule has 0 heterocycles. The Morgan fingerprint density at radius 1 is 1.10 bits per heavy atom. The summed E-state index contributed by atoms with van der Waals surface area (Å²) < 4.78 is 4.91. The Morgan fingerprint density at radius 3 is 2.45 bits per heavy atom. The first kappa shape index (κ1) is 21.5. The van der Waals surface area contributed by atoms with Crippen molar-refractivity contribution in [1.29, 1.82) is 0 Å². The molecule has 0 unspecified atom stereocenters. The van der Waals surface area contributed by atoms with Crippen LogP contribution in [0.4, 0.5) is 11.4 Å². The maximum Gasteiger partial charge on any atom is 0.308 e. The molecule has 0 radical (unpaired) electrons. The summed E-state index contributed by atoms with van der Waals surface area (Å²) in [5.41, 5.74) is 0.351. The van der Waals surface area contributed by atoms with E-state index in [1.165, 1.54) is 36.4 Å². The summed E-state index contributed by atoms with van der Waals surface area (Å²) in [6, 6.07) is 8.61. The Balaban J connectivity index is 2.34. The molecule has 10 heteroatoms. The van der Waals surface area contributed by atoms with Crippen LogP contribution in [-0.4, -0.2) is 28.3 Å². The van der Waals surface area contributed by atoms with E-state index in [0.29, 0.717) is 11.1 Å². The zero-order valence-corrected chi connectivity index (χ0v) is 15.8. The summed E-state index contributed by atoms with van der Waals surface area (Å²) >= 11 is 0. The molecule has 0 aliphatic rings. The van der Waals surface area contributed by atoms with Gasteiger partial charge < -0.3 is 10.1 Å². The van der Waals surface area contributed by atoms with Crippen molar-refractivity contribution < 1.29 is 24.2 Å². The van der Waals surface area contributed by atoms with Gasteiger partial charge in [0.1, 0.15) is 0 Å². The van der Waals surface area contributed by atoms with Crippen LogP contribution in [0.25, 0.3) is 0 Å². The lowest BCUT2D eigenvalue weighted by atomic mass is 10.0. The predicted molar refractivity (Wildman–Crippen MR) is 102 cm³/mol. The van der Waals surface area contributed by atoms with Crippen molar-refractivity contribution in [2.45, 2.75) is 26.3 Å². The smallest absolute Gasteiger partial charge is 0.308 e. The standard InChI is InChI=1S/C19H19N3O7/c1-3-29-18(23)11-16(13-5-4-6-15(9-13)21(25)26)20-19(24)14-8-7-12(2)17(10-14)22(27)28/h4-10,16H,3,11H2,1-2H3,(H,20,24)/t16-/m1/s1. The fourth-order valence-corrected chi connectivity index (χ4v) is 2.68. The molecule has 0 aliphatic carbocycles. The summed E-state index contributed by atoms with van der Waals surface area (Å²) in [6.45, 7) is 3.31. The number of rotatable bonds is 8. The van der Waals surface area contributed by atoms with Gasteiger partial charge in [-0.3, -0.25) is 29.8 Å². The molecule has 0 saturated carbocycles. The number of benzene rings is 2. The number of aryl methyl sites for hydroxylation is 1. The lowest BCUT2D eigenvalue weighted by Gasteiger charge is -2.18. The number of nitro benzene ring substituents is 2. The molecule has 1 atom stereocenters. The average molecular weight is 401 g/mol. The minimum atomic E-state index is -0.915. The molecule has 0 aromatic heterocycles. The second kappa shape index (κ2) is 9.40. The van der Waals surface area contributed by atoms with E-state index in [9.17, 15) is 29.8 Å². The van der Waals surface area contributed by atoms with Crippen molar-refractivity contribution >= 4 is 23.3 Å². The Labute approximate surface area is 165 Å². The number of hydrogen-bond donors (Lipinski definition) is 1. The Hall–Kier alpha value is -3.82. The van der Waals surface area contributed by atoms with Gasteiger partial charge in [-0.15, -0.1) is 0 Å². The Kier molecular flexibility index (Phi) is 6.96. The van der Waals surface area contributed by atoms with Crippen molar-refractivity contribution in [1.82, 2.24) is 5.32 Å². The van der Waals surface area contributed by atoms with E-state index in [1.807, 2.05) is 0 Å². The highest BCUT2D eigenvalue weighted by atomic mass is 16.6. The number of amides is 1. The number of ether oxygens (including phenoxy) is 1. The first-order valence-electron chi connectivity index (χ1n) is 8.68. The maximum absolute atomic E-state index is 12.7. The van der Waals surface area contributed by atoms with E-state index in [0.717, 1.165) is 6.07 Å². The molecule has 2 aromatic rings. The minimum absolute atomic E-state index is 0.0292. The second-order valence-electron chi connectivity index (χ2n) is 6.15. The fraction of sp³-hybridized carbons (Fsp3) is 0.263. The van der Waals surface area contributed by atoms with Gasteiger partial charge in [0.2, 0.25) is 0 Å². The first-order chi connectivity index (χ1) is 13.7. The fourth-order valence-electron chi connectivity index (χ4n) is 2.68. The molecule has 1 amide bonds. The van der Waals surface area contributed by atoms with Crippen LogP contribution < -0.4 is 5.32 Å². The van der Waals surface area contributed by atoms with Gasteiger partial charge in [0, 0.05) is 29.3 Å². The van der Waals surface area contributed by atoms with Gasteiger partial charge in [0.25, 0.3) is 17.3 Å². The highest BCUT2D eigenvalue weighted by Gasteiger charge is 2.23. The van der Waals surface area contributed by atoms with E-state index in [4.69, 9.17) is 4.74 Å². The van der Waals surface area contributed by atoms with Crippen LogP contribution >= 0.6 is 0 Å². The number of carbonyl (C=O) groups is 2. The van der Waals surface area contributed by atoms with E-state index in [-0.39, 0.29) is 30.0 Å². The van der Waals surface area contributed by atoms with Crippen molar-refractivity contribution in [2.75, 3.05) is 6.61 Å². The summed E-state index contributed by atoms with van der Waals surface area (Å²) in [7, 11) is 0. The molecule has 0 aliphatic heterocycles. The lowest BCUT2D eigenvalue weighted by molar-refractivity contribution is -0.385.